The Balaban J connectivity index is 2.01. The highest BCUT2D eigenvalue weighted by Crippen LogP contribution is 2.39. The Morgan fingerprint density at radius 1 is 1.09 bits per heavy atom. The van der Waals surface area contributed by atoms with Crippen molar-refractivity contribution in [1.29, 1.82) is 0 Å². The van der Waals surface area contributed by atoms with Crippen LogP contribution < -0.4 is 4.74 Å². The number of ether oxygens (including phenoxy) is 2. The van der Waals surface area contributed by atoms with Gasteiger partial charge in [0.2, 0.25) is 0 Å². The molecule has 3 rings (SSSR count). The molecular weight excluding hydrogens is 428 g/mol. The Hall–Kier alpha value is -3.72. The van der Waals surface area contributed by atoms with Crippen molar-refractivity contribution < 1.29 is 29.1 Å². The van der Waals surface area contributed by atoms with Gasteiger partial charge in [-0.3, -0.25) is 19.7 Å². The smallest absolute Gasteiger partial charge is 0.295 e. The van der Waals surface area contributed by atoms with E-state index in [0.29, 0.717) is 23.5 Å². The number of aliphatic hydroxyl groups excluding tert-OH is 1. The van der Waals surface area contributed by atoms with Crippen LogP contribution in [0.3, 0.4) is 0 Å². The lowest BCUT2D eigenvalue weighted by Gasteiger charge is -2.25. The molecule has 1 heterocycles. The first-order valence-corrected chi connectivity index (χ1v) is 10.6. The number of carbonyl (C=O) groups is 2. The van der Waals surface area contributed by atoms with Crippen molar-refractivity contribution >= 4 is 23.1 Å². The molecule has 0 spiro atoms. The lowest BCUT2D eigenvalue weighted by atomic mass is 9.95. The maximum Gasteiger partial charge on any atom is 0.295 e. The number of Topliss-reactive ketones (excluding diaryl/α,β-unsaturated/α-hetero) is 1. The summed E-state index contributed by atoms with van der Waals surface area (Å²) < 4.78 is 10.7. The van der Waals surface area contributed by atoms with Gasteiger partial charge >= 0.3 is 0 Å². The van der Waals surface area contributed by atoms with E-state index >= 15 is 0 Å². The molecule has 0 aromatic heterocycles. The molecule has 174 valence electrons. The Bertz CT molecular complexity index is 1050. The van der Waals surface area contributed by atoms with Gasteiger partial charge in [-0.25, -0.2) is 0 Å². The maximum absolute atomic E-state index is 12.9. The Kier molecular flexibility index (Phi) is 7.78. The monoisotopic (exact) mass is 454 g/mol. The molecule has 1 fully saturated rings. The zero-order valence-corrected chi connectivity index (χ0v) is 18.5. The molecule has 1 saturated heterocycles. The SMILES string of the molecule is CCCCOc1ccc(/C(O)=C2\C(=O)C(=O)N(CCOC)C2c2ccc([N+](=O)[O-])cc2)cc1. The number of non-ortho nitro benzene ring substituents is 1. The van der Waals surface area contributed by atoms with Crippen LogP contribution in [-0.4, -0.2) is 53.5 Å². The largest absolute Gasteiger partial charge is 0.507 e. The molecule has 0 bridgehead atoms. The number of hydrogen-bond donors (Lipinski definition) is 1. The number of rotatable bonds is 10. The van der Waals surface area contributed by atoms with E-state index in [0.717, 1.165) is 12.8 Å². The van der Waals surface area contributed by atoms with Gasteiger partial charge in [-0.05, 0) is 48.4 Å². The van der Waals surface area contributed by atoms with Crippen LogP contribution in [0.15, 0.2) is 54.1 Å². The van der Waals surface area contributed by atoms with Gasteiger partial charge in [0.05, 0.1) is 29.8 Å². The molecule has 1 atom stereocenters. The van der Waals surface area contributed by atoms with Crippen LogP contribution in [0, 0.1) is 10.1 Å². The van der Waals surface area contributed by atoms with Crippen LogP contribution in [0.1, 0.15) is 36.9 Å². The lowest BCUT2D eigenvalue weighted by molar-refractivity contribution is -0.384. The summed E-state index contributed by atoms with van der Waals surface area (Å²) in [7, 11) is 1.47. The Morgan fingerprint density at radius 2 is 1.76 bits per heavy atom. The van der Waals surface area contributed by atoms with Gasteiger partial charge in [-0.15, -0.1) is 0 Å². The molecule has 9 heteroatoms. The summed E-state index contributed by atoms with van der Waals surface area (Å²) in [6, 6.07) is 11.3. The average Bonchev–Trinajstić information content (AvgIpc) is 3.07. The van der Waals surface area contributed by atoms with E-state index in [1.807, 2.05) is 0 Å². The number of carbonyl (C=O) groups excluding carboxylic acids is 2. The normalized spacial score (nSPS) is 17.4. The van der Waals surface area contributed by atoms with Crippen molar-refractivity contribution in [2.24, 2.45) is 0 Å². The second-order valence-electron chi connectivity index (χ2n) is 7.56. The van der Waals surface area contributed by atoms with Crippen LogP contribution in [0.5, 0.6) is 5.75 Å². The number of ketones is 1. The molecule has 0 aliphatic carbocycles. The first-order chi connectivity index (χ1) is 15.9. The molecule has 1 amide bonds. The molecule has 1 aliphatic heterocycles. The molecule has 33 heavy (non-hydrogen) atoms. The molecule has 0 radical (unpaired) electrons. The summed E-state index contributed by atoms with van der Waals surface area (Å²) in [4.78, 5) is 37.5. The number of aliphatic hydroxyl groups is 1. The topological polar surface area (TPSA) is 119 Å². The van der Waals surface area contributed by atoms with Crippen molar-refractivity contribution in [2.45, 2.75) is 25.8 Å². The van der Waals surface area contributed by atoms with Gasteiger partial charge in [0.15, 0.2) is 0 Å². The number of nitrogens with zero attached hydrogens (tertiary/aromatic N) is 2. The Labute approximate surface area is 191 Å². The quantitative estimate of drug-likeness (QED) is 0.145. The van der Waals surface area contributed by atoms with Crippen LogP contribution in [-0.2, 0) is 14.3 Å². The number of nitro groups is 1. The van der Waals surface area contributed by atoms with E-state index in [9.17, 15) is 24.8 Å². The minimum atomic E-state index is -0.901. The number of nitro benzene ring substituents is 1. The van der Waals surface area contributed by atoms with Crippen molar-refractivity contribution in [3.8, 4) is 5.75 Å². The zero-order valence-electron chi connectivity index (χ0n) is 18.5. The molecule has 1 N–H and O–H groups in total. The van der Waals surface area contributed by atoms with E-state index in [1.165, 1.54) is 36.3 Å². The molecule has 1 aliphatic rings. The first-order valence-electron chi connectivity index (χ1n) is 10.6. The van der Waals surface area contributed by atoms with Gasteiger partial charge in [-0.1, -0.05) is 13.3 Å². The minimum absolute atomic E-state index is 0.0791. The maximum atomic E-state index is 12.9. The predicted molar refractivity (Wildman–Crippen MR) is 121 cm³/mol. The fraction of sp³-hybridized carbons (Fsp3) is 0.333. The second kappa shape index (κ2) is 10.7. The number of likely N-dealkylation sites (tertiary alicyclic amines) is 1. The molecule has 9 nitrogen and oxygen atoms in total. The highest BCUT2D eigenvalue weighted by molar-refractivity contribution is 6.46. The summed E-state index contributed by atoms with van der Waals surface area (Å²) in [6.07, 6.45) is 1.92. The third-order valence-electron chi connectivity index (χ3n) is 5.39. The van der Waals surface area contributed by atoms with Gasteiger partial charge < -0.3 is 19.5 Å². The minimum Gasteiger partial charge on any atom is -0.507 e. The molecule has 1 unspecified atom stereocenters. The summed E-state index contributed by atoms with van der Waals surface area (Å²) in [6.45, 7) is 2.94. The summed E-state index contributed by atoms with van der Waals surface area (Å²) in [5.41, 5.74) is 0.627. The van der Waals surface area contributed by atoms with Gasteiger partial charge in [-0.2, -0.15) is 0 Å². The van der Waals surface area contributed by atoms with Crippen molar-refractivity contribution in [1.82, 2.24) is 4.90 Å². The number of hydrogen-bond acceptors (Lipinski definition) is 7. The number of methoxy groups -OCH3 is 1. The van der Waals surface area contributed by atoms with Gasteiger partial charge in [0, 0.05) is 31.4 Å². The van der Waals surface area contributed by atoms with Crippen molar-refractivity contribution in [2.75, 3.05) is 26.9 Å². The van der Waals surface area contributed by atoms with E-state index in [4.69, 9.17) is 9.47 Å². The molecule has 0 saturated carbocycles. The summed E-state index contributed by atoms with van der Waals surface area (Å²) >= 11 is 0. The van der Waals surface area contributed by atoms with Crippen LogP contribution >= 0.6 is 0 Å². The van der Waals surface area contributed by atoms with Crippen LogP contribution in [0.25, 0.3) is 5.76 Å². The number of benzene rings is 2. The highest BCUT2D eigenvalue weighted by atomic mass is 16.6. The number of amides is 1. The molecule has 2 aromatic rings. The van der Waals surface area contributed by atoms with Crippen LogP contribution in [0.4, 0.5) is 5.69 Å². The summed E-state index contributed by atoms with van der Waals surface area (Å²) in [5.74, 6) is -1.28. The third-order valence-corrected chi connectivity index (χ3v) is 5.39. The van der Waals surface area contributed by atoms with Crippen molar-refractivity contribution in [3.63, 3.8) is 0 Å². The van der Waals surface area contributed by atoms with E-state index in [2.05, 4.69) is 6.92 Å². The fourth-order valence-corrected chi connectivity index (χ4v) is 3.62. The standard InChI is InChI=1S/C24H26N2O7/c1-3-4-14-33-19-11-7-17(8-12-19)22(27)20-21(16-5-9-18(10-6-16)26(30)31)25(13-15-32-2)24(29)23(20)28/h5-12,21,27H,3-4,13-15H2,1-2H3/b22-20+. The van der Waals surface area contributed by atoms with Crippen LogP contribution in [0.2, 0.25) is 0 Å². The van der Waals surface area contributed by atoms with E-state index in [1.54, 1.807) is 24.3 Å². The number of unbranched alkanes of at least 4 members (excludes halogenated alkanes) is 1. The lowest BCUT2D eigenvalue weighted by Crippen LogP contribution is -2.32. The highest BCUT2D eigenvalue weighted by Gasteiger charge is 2.45. The first kappa shape index (κ1) is 23.9. The summed E-state index contributed by atoms with van der Waals surface area (Å²) in [5, 5.41) is 22.1. The predicted octanol–water partition coefficient (Wildman–Crippen LogP) is 3.84. The Morgan fingerprint density at radius 3 is 2.33 bits per heavy atom. The van der Waals surface area contributed by atoms with Gasteiger partial charge in [0.1, 0.15) is 11.5 Å². The zero-order chi connectivity index (χ0) is 24.0. The third kappa shape index (κ3) is 5.20. The van der Waals surface area contributed by atoms with Gasteiger partial charge in [0.25, 0.3) is 17.4 Å². The van der Waals surface area contributed by atoms with E-state index in [-0.39, 0.29) is 30.2 Å². The second-order valence-corrected chi connectivity index (χ2v) is 7.56. The molecule has 2 aromatic carbocycles. The fourth-order valence-electron chi connectivity index (χ4n) is 3.62. The average molecular weight is 454 g/mol. The van der Waals surface area contributed by atoms with Crippen molar-refractivity contribution in [3.05, 3.63) is 75.3 Å². The molecular formula is C24H26N2O7. The van der Waals surface area contributed by atoms with E-state index < -0.39 is 22.7 Å².